The van der Waals surface area contributed by atoms with E-state index in [9.17, 15) is 9.90 Å². The smallest absolute Gasteiger partial charge is 0.227 e. The zero-order chi connectivity index (χ0) is 12.0. The summed E-state index contributed by atoms with van der Waals surface area (Å²) in [5.41, 5.74) is 0.826. The molecule has 16 heavy (non-hydrogen) atoms. The highest BCUT2D eigenvalue weighted by molar-refractivity contribution is 5.79. The van der Waals surface area contributed by atoms with Crippen molar-refractivity contribution in [3.8, 4) is 5.75 Å². The summed E-state index contributed by atoms with van der Waals surface area (Å²) in [7, 11) is 0. The summed E-state index contributed by atoms with van der Waals surface area (Å²) in [5, 5.41) is 9.28. The molecule has 0 saturated carbocycles. The number of likely N-dealkylation sites (N-methyl/N-ethyl adjacent to an activating group) is 1. The second kappa shape index (κ2) is 5.95. The number of aromatic hydroxyl groups is 1. The first-order valence-electron chi connectivity index (χ1n) is 5.34. The van der Waals surface area contributed by atoms with Gasteiger partial charge in [-0.3, -0.25) is 4.79 Å². The minimum atomic E-state index is 0.0491. The minimum absolute atomic E-state index is 0.0491. The molecule has 86 valence electrons. The van der Waals surface area contributed by atoms with Gasteiger partial charge in [0, 0.05) is 13.1 Å². The van der Waals surface area contributed by atoms with E-state index in [2.05, 4.69) is 6.58 Å². The Balaban J connectivity index is 2.66. The highest BCUT2D eigenvalue weighted by atomic mass is 16.3. The van der Waals surface area contributed by atoms with Gasteiger partial charge < -0.3 is 10.0 Å². The highest BCUT2D eigenvalue weighted by Gasteiger charge is 2.10. The Morgan fingerprint density at radius 3 is 2.88 bits per heavy atom. The third kappa shape index (κ3) is 3.42. The van der Waals surface area contributed by atoms with E-state index in [1.165, 1.54) is 0 Å². The van der Waals surface area contributed by atoms with Crippen molar-refractivity contribution in [1.82, 2.24) is 4.90 Å². The molecule has 0 aliphatic rings. The molecule has 0 unspecified atom stereocenters. The van der Waals surface area contributed by atoms with Gasteiger partial charge in [-0.15, -0.1) is 6.58 Å². The van der Waals surface area contributed by atoms with E-state index in [-0.39, 0.29) is 11.7 Å². The number of hydrogen-bond acceptors (Lipinski definition) is 2. The Morgan fingerprint density at radius 1 is 1.56 bits per heavy atom. The molecule has 0 atom stereocenters. The van der Waals surface area contributed by atoms with Crippen LogP contribution in [0.2, 0.25) is 0 Å². The van der Waals surface area contributed by atoms with Crippen LogP contribution >= 0.6 is 0 Å². The monoisotopic (exact) mass is 219 g/mol. The predicted octanol–water partition coefficient (Wildman–Crippen LogP) is 1.97. The summed E-state index contributed by atoms with van der Waals surface area (Å²) < 4.78 is 0. The number of hydrogen-bond donors (Lipinski definition) is 1. The van der Waals surface area contributed by atoms with Crippen LogP contribution in [0.3, 0.4) is 0 Å². The zero-order valence-corrected chi connectivity index (χ0v) is 9.52. The Morgan fingerprint density at radius 2 is 2.31 bits per heavy atom. The average molecular weight is 219 g/mol. The van der Waals surface area contributed by atoms with E-state index < -0.39 is 0 Å². The molecule has 3 nitrogen and oxygen atoms in total. The second-order valence-electron chi connectivity index (χ2n) is 3.57. The van der Waals surface area contributed by atoms with E-state index in [4.69, 9.17) is 0 Å². The molecule has 1 rings (SSSR count). The van der Waals surface area contributed by atoms with E-state index in [0.717, 1.165) is 5.56 Å². The lowest BCUT2D eigenvalue weighted by Gasteiger charge is -2.18. The summed E-state index contributed by atoms with van der Waals surface area (Å²) in [6.45, 7) is 6.79. The topological polar surface area (TPSA) is 40.5 Å². The molecule has 0 bridgehead atoms. The number of amides is 1. The van der Waals surface area contributed by atoms with Crippen LogP contribution in [0.4, 0.5) is 0 Å². The maximum absolute atomic E-state index is 11.8. The summed E-state index contributed by atoms with van der Waals surface area (Å²) in [6, 6.07) is 6.77. The van der Waals surface area contributed by atoms with E-state index in [1.54, 1.807) is 29.2 Å². The second-order valence-corrected chi connectivity index (χ2v) is 3.57. The van der Waals surface area contributed by atoms with Gasteiger partial charge in [0.2, 0.25) is 5.91 Å². The fraction of sp³-hybridized carbons (Fsp3) is 0.308. The number of carbonyl (C=O) groups is 1. The van der Waals surface area contributed by atoms with Crippen molar-refractivity contribution in [2.75, 3.05) is 13.1 Å². The van der Waals surface area contributed by atoms with Crippen LogP contribution in [0.1, 0.15) is 12.5 Å². The van der Waals surface area contributed by atoms with E-state index >= 15 is 0 Å². The van der Waals surface area contributed by atoms with Crippen LogP contribution in [0.25, 0.3) is 0 Å². The summed E-state index contributed by atoms with van der Waals surface area (Å²) in [5.74, 6) is 0.241. The van der Waals surface area contributed by atoms with Gasteiger partial charge in [-0.05, 0) is 24.6 Å². The van der Waals surface area contributed by atoms with Gasteiger partial charge >= 0.3 is 0 Å². The highest BCUT2D eigenvalue weighted by Crippen LogP contribution is 2.12. The lowest BCUT2D eigenvalue weighted by Crippen LogP contribution is -2.32. The molecule has 1 amide bonds. The van der Waals surface area contributed by atoms with Crippen LogP contribution in [-0.2, 0) is 11.2 Å². The maximum Gasteiger partial charge on any atom is 0.227 e. The first-order valence-corrected chi connectivity index (χ1v) is 5.34. The average Bonchev–Trinajstić information content (AvgIpc) is 2.25. The summed E-state index contributed by atoms with van der Waals surface area (Å²) in [6.07, 6.45) is 2.03. The number of rotatable bonds is 5. The first-order chi connectivity index (χ1) is 7.67. The maximum atomic E-state index is 11.8. The Bertz CT molecular complexity index is 374. The minimum Gasteiger partial charge on any atom is -0.508 e. The molecule has 3 heteroatoms. The fourth-order valence-corrected chi connectivity index (χ4v) is 1.52. The molecule has 0 radical (unpaired) electrons. The lowest BCUT2D eigenvalue weighted by atomic mass is 10.1. The van der Waals surface area contributed by atoms with Gasteiger partial charge in [0.05, 0.1) is 6.42 Å². The molecule has 0 aliphatic carbocycles. The zero-order valence-electron chi connectivity index (χ0n) is 9.52. The van der Waals surface area contributed by atoms with Crippen LogP contribution in [-0.4, -0.2) is 29.0 Å². The molecule has 1 aromatic rings. The number of carbonyl (C=O) groups excluding carboxylic acids is 1. The van der Waals surface area contributed by atoms with Gasteiger partial charge in [0.25, 0.3) is 0 Å². The van der Waals surface area contributed by atoms with Crippen molar-refractivity contribution >= 4 is 5.91 Å². The van der Waals surface area contributed by atoms with Crippen molar-refractivity contribution in [1.29, 1.82) is 0 Å². The van der Waals surface area contributed by atoms with Crippen molar-refractivity contribution < 1.29 is 9.90 Å². The fourth-order valence-electron chi connectivity index (χ4n) is 1.52. The first kappa shape index (κ1) is 12.3. The number of benzene rings is 1. The van der Waals surface area contributed by atoms with Gasteiger partial charge in [0.15, 0.2) is 0 Å². The molecular weight excluding hydrogens is 202 g/mol. The molecule has 0 saturated heterocycles. The van der Waals surface area contributed by atoms with Crippen molar-refractivity contribution in [2.24, 2.45) is 0 Å². The van der Waals surface area contributed by atoms with Crippen LogP contribution in [0, 0.1) is 0 Å². The molecule has 0 heterocycles. The summed E-state index contributed by atoms with van der Waals surface area (Å²) >= 11 is 0. The van der Waals surface area contributed by atoms with Crippen molar-refractivity contribution in [3.63, 3.8) is 0 Å². The molecule has 0 fully saturated rings. The number of phenols is 1. The number of phenolic OH excluding ortho intramolecular Hbond substituents is 1. The molecule has 1 aromatic carbocycles. The molecule has 1 N–H and O–H groups in total. The van der Waals surface area contributed by atoms with E-state index in [0.29, 0.717) is 19.5 Å². The van der Waals surface area contributed by atoms with Gasteiger partial charge in [-0.25, -0.2) is 0 Å². The standard InChI is InChI=1S/C13H17NO2/c1-3-8-14(4-2)13(16)10-11-6-5-7-12(15)9-11/h3,5-7,9,15H,1,4,8,10H2,2H3. The quantitative estimate of drug-likeness (QED) is 0.769. The predicted molar refractivity (Wildman–Crippen MR) is 64.3 cm³/mol. The molecule has 0 aliphatic heterocycles. The van der Waals surface area contributed by atoms with E-state index in [1.807, 2.05) is 13.0 Å². The third-order valence-electron chi connectivity index (χ3n) is 2.35. The Labute approximate surface area is 96.0 Å². The largest absolute Gasteiger partial charge is 0.508 e. The number of nitrogens with zero attached hydrogens (tertiary/aromatic N) is 1. The molecular formula is C13H17NO2. The van der Waals surface area contributed by atoms with Gasteiger partial charge in [-0.1, -0.05) is 18.2 Å². The van der Waals surface area contributed by atoms with Crippen LogP contribution in [0.15, 0.2) is 36.9 Å². The SMILES string of the molecule is C=CCN(CC)C(=O)Cc1cccc(O)c1. The normalized spacial score (nSPS) is 9.81. The Hall–Kier alpha value is -1.77. The molecule has 0 aromatic heterocycles. The molecule has 0 spiro atoms. The van der Waals surface area contributed by atoms with Crippen LogP contribution in [0.5, 0.6) is 5.75 Å². The van der Waals surface area contributed by atoms with Crippen molar-refractivity contribution in [2.45, 2.75) is 13.3 Å². The van der Waals surface area contributed by atoms with Crippen molar-refractivity contribution in [3.05, 3.63) is 42.5 Å². The van der Waals surface area contributed by atoms with Crippen LogP contribution < -0.4 is 0 Å². The lowest BCUT2D eigenvalue weighted by molar-refractivity contribution is -0.129. The summed E-state index contributed by atoms with van der Waals surface area (Å²) in [4.78, 5) is 13.6. The Kier molecular flexibility index (Phi) is 4.58. The van der Waals surface area contributed by atoms with Gasteiger partial charge in [-0.2, -0.15) is 0 Å². The van der Waals surface area contributed by atoms with Gasteiger partial charge in [0.1, 0.15) is 5.75 Å². The third-order valence-corrected chi connectivity index (χ3v) is 2.35.